The molecule has 90 valence electrons. The van der Waals surface area contributed by atoms with Gasteiger partial charge in [0.1, 0.15) is 0 Å². The van der Waals surface area contributed by atoms with Gasteiger partial charge in [-0.15, -0.1) is 0 Å². The monoisotopic (exact) mass is 230 g/mol. The van der Waals surface area contributed by atoms with Gasteiger partial charge < -0.3 is 5.32 Å². The van der Waals surface area contributed by atoms with Crippen LogP contribution in [0.1, 0.15) is 25.5 Å². The van der Waals surface area contributed by atoms with Crippen molar-refractivity contribution in [3.63, 3.8) is 0 Å². The van der Waals surface area contributed by atoms with E-state index in [1.54, 1.807) is 0 Å². The number of nitrogens with one attached hydrogen (secondary N) is 1. The van der Waals surface area contributed by atoms with Gasteiger partial charge in [0.25, 0.3) is 0 Å². The van der Waals surface area contributed by atoms with Gasteiger partial charge in [-0.1, -0.05) is 0 Å². The molecule has 0 aromatic carbocycles. The van der Waals surface area contributed by atoms with E-state index < -0.39 is 0 Å². The molecule has 0 spiro atoms. The second-order valence-electron chi connectivity index (χ2n) is 4.25. The summed E-state index contributed by atoms with van der Waals surface area (Å²) in [7, 11) is 0. The summed E-state index contributed by atoms with van der Waals surface area (Å²) in [6, 6.07) is 6.71. The summed E-state index contributed by atoms with van der Waals surface area (Å²) < 4.78 is 1.98. The maximum Gasteiger partial charge on any atom is 0.0641 e. The zero-order valence-electron chi connectivity index (χ0n) is 10.2. The molecule has 2 aromatic heterocycles. The number of nitrogens with zero attached hydrogens (tertiary/aromatic N) is 3. The highest BCUT2D eigenvalue weighted by atomic mass is 15.3. The van der Waals surface area contributed by atoms with E-state index >= 15 is 0 Å². The fraction of sp³-hybridized carbons (Fsp3) is 0.385. The summed E-state index contributed by atoms with van der Waals surface area (Å²) >= 11 is 0. The number of pyridine rings is 1. The molecule has 2 aromatic rings. The van der Waals surface area contributed by atoms with Crippen LogP contribution in [0.15, 0.2) is 43.0 Å². The predicted molar refractivity (Wildman–Crippen MR) is 67.5 cm³/mol. The Morgan fingerprint density at radius 3 is 2.65 bits per heavy atom. The second-order valence-corrected chi connectivity index (χ2v) is 4.25. The second kappa shape index (κ2) is 5.59. The minimum absolute atomic E-state index is 0.340. The maximum atomic E-state index is 4.26. The van der Waals surface area contributed by atoms with Gasteiger partial charge in [0.15, 0.2) is 0 Å². The van der Waals surface area contributed by atoms with Gasteiger partial charge in [0, 0.05) is 37.4 Å². The van der Waals surface area contributed by atoms with Crippen LogP contribution in [0.25, 0.3) is 0 Å². The molecule has 0 saturated carbocycles. The normalized spacial score (nSPS) is 14.5. The summed E-state index contributed by atoms with van der Waals surface area (Å²) in [5.41, 5.74) is 1.25. The van der Waals surface area contributed by atoms with E-state index in [-0.39, 0.29) is 0 Å². The number of hydrogen-bond donors (Lipinski definition) is 1. The summed E-state index contributed by atoms with van der Waals surface area (Å²) in [6.45, 7) is 5.19. The molecule has 0 unspecified atom stereocenters. The van der Waals surface area contributed by atoms with Crippen molar-refractivity contribution in [2.45, 2.75) is 32.5 Å². The lowest BCUT2D eigenvalue weighted by molar-refractivity contribution is 0.365. The van der Waals surface area contributed by atoms with Crippen LogP contribution in [0, 0.1) is 0 Å². The fourth-order valence-electron chi connectivity index (χ4n) is 1.70. The lowest BCUT2D eigenvalue weighted by Crippen LogP contribution is -2.33. The smallest absolute Gasteiger partial charge is 0.0641 e. The standard InChI is InChI=1S/C13H18N4/c1-11(12(2)17-9-3-6-16-17)15-10-13-4-7-14-8-5-13/h3-9,11-12,15H,10H2,1-2H3/t11-,12+/m0/s1. The maximum absolute atomic E-state index is 4.26. The van der Waals surface area contributed by atoms with Gasteiger partial charge in [-0.2, -0.15) is 5.10 Å². The van der Waals surface area contributed by atoms with Crippen LogP contribution in [-0.4, -0.2) is 20.8 Å². The van der Waals surface area contributed by atoms with Crippen LogP contribution in [0.3, 0.4) is 0 Å². The summed E-state index contributed by atoms with van der Waals surface area (Å²) in [5, 5.41) is 7.76. The SMILES string of the molecule is C[C@H](NCc1ccncc1)[C@@H](C)n1cccn1. The fourth-order valence-corrected chi connectivity index (χ4v) is 1.70. The quantitative estimate of drug-likeness (QED) is 0.854. The molecule has 0 bridgehead atoms. The van der Waals surface area contributed by atoms with Crippen LogP contribution >= 0.6 is 0 Å². The van der Waals surface area contributed by atoms with E-state index in [2.05, 4.69) is 29.2 Å². The predicted octanol–water partition coefficient (Wildman–Crippen LogP) is 2.02. The Labute approximate surface area is 102 Å². The highest BCUT2D eigenvalue weighted by molar-refractivity contribution is 5.09. The average molecular weight is 230 g/mol. The number of rotatable bonds is 5. The molecule has 2 rings (SSSR count). The van der Waals surface area contributed by atoms with Crippen molar-refractivity contribution in [2.75, 3.05) is 0 Å². The van der Waals surface area contributed by atoms with Crippen LogP contribution < -0.4 is 5.32 Å². The topological polar surface area (TPSA) is 42.7 Å². The van der Waals surface area contributed by atoms with Gasteiger partial charge in [-0.25, -0.2) is 0 Å². The minimum atomic E-state index is 0.340. The first-order chi connectivity index (χ1) is 8.27. The molecule has 4 heteroatoms. The van der Waals surface area contributed by atoms with Crippen LogP contribution in [0.2, 0.25) is 0 Å². The third-order valence-electron chi connectivity index (χ3n) is 3.04. The number of hydrogen-bond acceptors (Lipinski definition) is 3. The Morgan fingerprint density at radius 2 is 2.00 bits per heavy atom. The molecule has 1 N–H and O–H groups in total. The Hall–Kier alpha value is -1.68. The van der Waals surface area contributed by atoms with E-state index in [4.69, 9.17) is 0 Å². The highest BCUT2D eigenvalue weighted by Gasteiger charge is 2.13. The minimum Gasteiger partial charge on any atom is -0.308 e. The van der Waals surface area contributed by atoms with Crippen LogP contribution in [-0.2, 0) is 6.54 Å². The van der Waals surface area contributed by atoms with Crippen molar-refractivity contribution >= 4 is 0 Å². The first-order valence-electron chi connectivity index (χ1n) is 5.89. The molecule has 2 atom stereocenters. The largest absolute Gasteiger partial charge is 0.308 e. The third-order valence-corrected chi connectivity index (χ3v) is 3.04. The molecule has 2 heterocycles. The van der Waals surface area contributed by atoms with Crippen molar-refractivity contribution in [3.05, 3.63) is 48.5 Å². The van der Waals surface area contributed by atoms with Gasteiger partial charge in [-0.3, -0.25) is 9.67 Å². The first kappa shape index (κ1) is 11.8. The van der Waals surface area contributed by atoms with Gasteiger partial charge >= 0.3 is 0 Å². The molecule has 0 aliphatic rings. The highest BCUT2D eigenvalue weighted by Crippen LogP contribution is 2.09. The molecule has 0 amide bonds. The molecule has 0 saturated heterocycles. The van der Waals surface area contributed by atoms with E-state index in [9.17, 15) is 0 Å². The van der Waals surface area contributed by atoms with E-state index in [1.807, 2.05) is 47.7 Å². The molecule has 0 aliphatic heterocycles. The molecule has 0 aliphatic carbocycles. The summed E-state index contributed by atoms with van der Waals surface area (Å²) in [5.74, 6) is 0. The molecule has 17 heavy (non-hydrogen) atoms. The van der Waals surface area contributed by atoms with E-state index in [0.717, 1.165) is 6.54 Å². The van der Waals surface area contributed by atoms with Crippen LogP contribution in [0.4, 0.5) is 0 Å². The van der Waals surface area contributed by atoms with Gasteiger partial charge in [0.2, 0.25) is 0 Å². The Bertz CT molecular complexity index is 424. The zero-order chi connectivity index (χ0) is 12.1. The van der Waals surface area contributed by atoms with Crippen molar-refractivity contribution in [1.82, 2.24) is 20.1 Å². The van der Waals surface area contributed by atoms with Crippen molar-refractivity contribution < 1.29 is 0 Å². The number of aromatic nitrogens is 3. The summed E-state index contributed by atoms with van der Waals surface area (Å²) in [4.78, 5) is 4.01. The lowest BCUT2D eigenvalue weighted by atomic mass is 10.1. The Morgan fingerprint density at radius 1 is 1.24 bits per heavy atom. The molecular formula is C13H18N4. The molecule has 4 nitrogen and oxygen atoms in total. The Balaban J connectivity index is 1.87. The molecule has 0 radical (unpaired) electrons. The van der Waals surface area contributed by atoms with Crippen molar-refractivity contribution in [3.8, 4) is 0 Å². The molecule has 0 fully saturated rings. The average Bonchev–Trinajstić information content (AvgIpc) is 2.90. The van der Waals surface area contributed by atoms with Gasteiger partial charge in [0.05, 0.1) is 6.04 Å². The molecular weight excluding hydrogens is 212 g/mol. The summed E-state index contributed by atoms with van der Waals surface area (Å²) in [6.07, 6.45) is 7.44. The lowest BCUT2D eigenvalue weighted by Gasteiger charge is -2.21. The van der Waals surface area contributed by atoms with Crippen LogP contribution in [0.5, 0.6) is 0 Å². The third kappa shape index (κ3) is 3.14. The van der Waals surface area contributed by atoms with E-state index in [0.29, 0.717) is 12.1 Å². The van der Waals surface area contributed by atoms with E-state index in [1.165, 1.54) is 5.56 Å². The zero-order valence-corrected chi connectivity index (χ0v) is 10.2. The van der Waals surface area contributed by atoms with Crippen molar-refractivity contribution in [2.24, 2.45) is 0 Å². The first-order valence-corrected chi connectivity index (χ1v) is 5.89. The Kier molecular flexibility index (Phi) is 3.88. The van der Waals surface area contributed by atoms with Gasteiger partial charge in [-0.05, 0) is 37.6 Å². The van der Waals surface area contributed by atoms with Crippen molar-refractivity contribution in [1.29, 1.82) is 0 Å².